The average molecular weight is 595 g/mol. The molecule has 0 radical (unpaired) electrons. The van der Waals surface area contributed by atoms with Crippen molar-refractivity contribution in [2.75, 3.05) is 0 Å². The second-order valence-electron chi connectivity index (χ2n) is 8.76. The highest BCUT2D eigenvalue weighted by Crippen LogP contribution is 2.42. The Balaban J connectivity index is 1.64. The minimum atomic E-state index is -0.665. The van der Waals surface area contributed by atoms with E-state index in [1.54, 1.807) is 4.57 Å². The lowest BCUT2D eigenvalue weighted by Crippen LogP contribution is -2.38. The van der Waals surface area contributed by atoms with E-state index in [0.29, 0.717) is 18.8 Å². The van der Waals surface area contributed by atoms with E-state index in [1.807, 2.05) is 42.5 Å². The van der Waals surface area contributed by atoms with Crippen LogP contribution < -0.4 is 14.9 Å². The van der Waals surface area contributed by atoms with Crippen LogP contribution in [0.15, 0.2) is 80.5 Å². The van der Waals surface area contributed by atoms with E-state index < -0.39 is 22.4 Å². The number of phenols is 1. The van der Waals surface area contributed by atoms with Gasteiger partial charge in [0.1, 0.15) is 0 Å². The number of thiazole rings is 1. The monoisotopic (exact) mass is 593 g/mol. The molecule has 1 aliphatic carbocycles. The van der Waals surface area contributed by atoms with Crippen molar-refractivity contribution >= 4 is 56.3 Å². The van der Waals surface area contributed by atoms with Gasteiger partial charge in [-0.05, 0) is 47.8 Å². The van der Waals surface area contributed by atoms with Crippen LogP contribution in [0.4, 0.5) is 5.69 Å². The van der Waals surface area contributed by atoms with Gasteiger partial charge in [0, 0.05) is 26.7 Å². The van der Waals surface area contributed by atoms with E-state index in [1.165, 1.54) is 35.1 Å². The van der Waals surface area contributed by atoms with Crippen molar-refractivity contribution in [1.29, 1.82) is 0 Å². The number of rotatable bonds is 3. The maximum atomic E-state index is 13.8. The highest BCUT2D eigenvalue weighted by molar-refractivity contribution is 9.10. The highest BCUT2D eigenvalue weighted by Gasteiger charge is 2.33. The number of nitrogens with zero attached hydrogens (tertiary/aromatic N) is 3. The minimum Gasteiger partial charge on any atom is -0.502 e. The molecule has 0 amide bonds. The largest absolute Gasteiger partial charge is 0.502 e. The van der Waals surface area contributed by atoms with Gasteiger partial charge >= 0.3 is 5.69 Å². The smallest absolute Gasteiger partial charge is 0.312 e. The Morgan fingerprint density at radius 3 is 2.70 bits per heavy atom. The summed E-state index contributed by atoms with van der Waals surface area (Å²) in [5.41, 5.74) is 4.32. The number of aromatic hydroxyl groups is 1. The van der Waals surface area contributed by atoms with Crippen LogP contribution in [-0.4, -0.2) is 14.6 Å². The molecule has 2 heterocycles. The molecular formula is C27H17BrClN3O4S. The Kier molecular flexibility index (Phi) is 5.86. The average Bonchev–Trinajstić information content (AvgIpc) is 3.19. The first-order chi connectivity index (χ1) is 17.8. The van der Waals surface area contributed by atoms with Gasteiger partial charge in [-0.3, -0.25) is 19.5 Å². The maximum absolute atomic E-state index is 13.8. The number of hydrogen-bond donors (Lipinski definition) is 1. The number of phenolic OH excluding ortho intramolecular Hbond substituents is 1. The van der Waals surface area contributed by atoms with Crippen molar-refractivity contribution in [2.45, 2.75) is 18.9 Å². The van der Waals surface area contributed by atoms with Crippen LogP contribution in [0.3, 0.4) is 0 Å². The van der Waals surface area contributed by atoms with E-state index in [0.717, 1.165) is 35.2 Å². The first kappa shape index (κ1) is 23.8. The molecule has 0 spiro atoms. The molecule has 4 aromatic rings. The van der Waals surface area contributed by atoms with Crippen LogP contribution >= 0.6 is 38.9 Å². The molecule has 1 aromatic heterocycles. The second-order valence-corrected chi connectivity index (χ2v) is 11.1. The number of allylic oxidation sites excluding steroid dienone is 1. The van der Waals surface area contributed by atoms with E-state index in [-0.39, 0.29) is 11.1 Å². The topological polar surface area (TPSA) is 97.7 Å². The quantitative estimate of drug-likeness (QED) is 0.255. The minimum absolute atomic E-state index is 0.162. The molecule has 0 bridgehead atoms. The number of hydrogen-bond acceptors (Lipinski definition) is 6. The molecule has 0 saturated carbocycles. The molecule has 1 aliphatic heterocycles. The summed E-state index contributed by atoms with van der Waals surface area (Å²) in [5, 5.41) is 22.5. The predicted octanol–water partition coefficient (Wildman–Crippen LogP) is 5.35. The second kappa shape index (κ2) is 9.09. The molecule has 37 heavy (non-hydrogen) atoms. The molecule has 1 atom stereocenters. The van der Waals surface area contributed by atoms with Gasteiger partial charge in [-0.15, -0.1) is 0 Å². The first-order valence-electron chi connectivity index (χ1n) is 11.4. The molecule has 3 aromatic carbocycles. The third kappa shape index (κ3) is 3.94. The molecule has 0 saturated heterocycles. The highest BCUT2D eigenvalue weighted by atomic mass is 79.9. The summed E-state index contributed by atoms with van der Waals surface area (Å²) in [6.45, 7) is 0. The normalized spacial score (nSPS) is 16.6. The third-order valence-electron chi connectivity index (χ3n) is 6.64. The van der Waals surface area contributed by atoms with Gasteiger partial charge in [0.05, 0.1) is 21.2 Å². The van der Waals surface area contributed by atoms with Gasteiger partial charge in [-0.2, -0.15) is 0 Å². The Hall–Kier alpha value is -3.53. The molecule has 2 aliphatic rings. The lowest BCUT2D eigenvalue weighted by atomic mass is 9.83. The fourth-order valence-corrected chi connectivity index (χ4v) is 6.69. The van der Waals surface area contributed by atoms with Crippen molar-refractivity contribution in [3.63, 3.8) is 0 Å². The van der Waals surface area contributed by atoms with Gasteiger partial charge in [-0.25, -0.2) is 4.99 Å². The predicted molar refractivity (Wildman–Crippen MR) is 147 cm³/mol. The number of aryl methyl sites for hydroxylation is 1. The number of benzene rings is 3. The fraction of sp³-hybridized carbons (Fsp3) is 0.111. The molecule has 10 heteroatoms. The summed E-state index contributed by atoms with van der Waals surface area (Å²) < 4.78 is 2.36. The maximum Gasteiger partial charge on any atom is 0.312 e. The Morgan fingerprint density at radius 2 is 1.92 bits per heavy atom. The molecule has 0 fully saturated rings. The summed E-state index contributed by atoms with van der Waals surface area (Å²) in [5.74, 6) is -0.505. The van der Waals surface area contributed by atoms with Gasteiger partial charge < -0.3 is 5.11 Å². The first-order valence-corrected chi connectivity index (χ1v) is 13.4. The zero-order chi connectivity index (χ0) is 25.8. The lowest BCUT2D eigenvalue weighted by molar-refractivity contribution is -0.385. The van der Waals surface area contributed by atoms with Crippen molar-refractivity contribution in [2.24, 2.45) is 4.99 Å². The van der Waals surface area contributed by atoms with E-state index >= 15 is 0 Å². The van der Waals surface area contributed by atoms with Crippen molar-refractivity contribution < 1.29 is 10.0 Å². The summed E-state index contributed by atoms with van der Waals surface area (Å²) in [6.07, 6.45) is 3.02. The molecule has 0 unspecified atom stereocenters. The number of fused-ring (bicyclic) bond motifs is 3. The summed E-state index contributed by atoms with van der Waals surface area (Å²) in [6, 6.07) is 17.9. The van der Waals surface area contributed by atoms with Crippen molar-refractivity contribution in [3.8, 4) is 5.75 Å². The van der Waals surface area contributed by atoms with Crippen molar-refractivity contribution in [3.05, 3.63) is 128 Å². The molecule has 7 nitrogen and oxygen atoms in total. The standard InChI is InChI=1S/C27H17BrClN3O4S/c28-16-11-15(25(33)21(13-16)32(35)36)12-22-26(34)31-24(18-7-3-4-8-20(18)29)19-10-9-14-5-1-2-6-17(14)23(19)30-27(31)37-22/h1-8,11-13,24,33H,9-10H2/b22-12+/t24-/m1/s1. The van der Waals surface area contributed by atoms with Crippen LogP contribution in [-0.2, 0) is 6.42 Å². The SMILES string of the molecule is O=c1/c(=C\c2cc(Br)cc([N+](=O)[O-])c2O)sc2n1[C@H](c1ccccc1Cl)C1=C(N=2)c2ccccc2CC1. The van der Waals surface area contributed by atoms with E-state index in [2.05, 4.69) is 22.0 Å². The Morgan fingerprint density at radius 1 is 1.16 bits per heavy atom. The van der Waals surface area contributed by atoms with E-state index in [4.69, 9.17) is 16.6 Å². The van der Waals surface area contributed by atoms with Gasteiger partial charge in [0.2, 0.25) is 5.75 Å². The van der Waals surface area contributed by atoms with Gasteiger partial charge in [0.25, 0.3) is 5.56 Å². The molecular weight excluding hydrogens is 578 g/mol. The lowest BCUT2D eigenvalue weighted by Gasteiger charge is -2.31. The third-order valence-corrected chi connectivity index (χ3v) is 8.43. The zero-order valence-electron chi connectivity index (χ0n) is 19.0. The van der Waals surface area contributed by atoms with Crippen LogP contribution in [0, 0.1) is 10.1 Å². The number of nitro groups is 1. The van der Waals surface area contributed by atoms with Gasteiger partial charge in [0.15, 0.2) is 4.80 Å². The summed E-state index contributed by atoms with van der Waals surface area (Å²) in [7, 11) is 0. The van der Waals surface area contributed by atoms with Crippen molar-refractivity contribution in [1.82, 2.24) is 4.57 Å². The molecule has 6 rings (SSSR count). The van der Waals surface area contributed by atoms with Crippen LogP contribution in [0.1, 0.15) is 34.7 Å². The van der Waals surface area contributed by atoms with E-state index in [9.17, 15) is 20.0 Å². The molecule has 1 N–H and O–H groups in total. The Labute approximate surface area is 227 Å². The summed E-state index contributed by atoms with van der Waals surface area (Å²) in [4.78, 5) is 30.0. The Bertz CT molecular complexity index is 1840. The zero-order valence-corrected chi connectivity index (χ0v) is 22.2. The van der Waals surface area contributed by atoms with Gasteiger partial charge in [-0.1, -0.05) is 81.3 Å². The van der Waals surface area contributed by atoms with Crippen LogP contribution in [0.25, 0.3) is 11.8 Å². The number of nitro benzene ring substituents is 1. The molecule has 184 valence electrons. The number of halogens is 2. The van der Waals surface area contributed by atoms with Crippen LogP contribution in [0.2, 0.25) is 5.02 Å². The number of aromatic nitrogens is 1. The van der Waals surface area contributed by atoms with Crippen LogP contribution in [0.5, 0.6) is 5.75 Å². The fourth-order valence-electron chi connectivity index (χ4n) is 4.99. The summed E-state index contributed by atoms with van der Waals surface area (Å²) >= 11 is 11.1.